The summed E-state index contributed by atoms with van der Waals surface area (Å²) >= 11 is 1.54. The molecule has 0 atom stereocenters. The molecule has 0 aliphatic rings. The van der Waals surface area contributed by atoms with Gasteiger partial charge in [-0.25, -0.2) is 14.2 Å². The first-order valence-corrected chi connectivity index (χ1v) is 10.3. The fourth-order valence-electron chi connectivity index (χ4n) is 3.06. The highest BCUT2D eigenvalue weighted by Crippen LogP contribution is 2.27. The van der Waals surface area contributed by atoms with Crippen molar-refractivity contribution in [1.29, 1.82) is 0 Å². The van der Waals surface area contributed by atoms with E-state index in [1.807, 2.05) is 17.5 Å². The number of likely N-dealkylation sites (N-methyl/N-ethyl adjacent to an activating group) is 1. The smallest absolute Gasteiger partial charge is 0.339 e. The van der Waals surface area contributed by atoms with Crippen LogP contribution in [0.15, 0.2) is 52.4 Å². The number of aromatic nitrogens is 2. The lowest BCUT2D eigenvalue weighted by Crippen LogP contribution is -2.30. The summed E-state index contributed by atoms with van der Waals surface area (Å²) in [7, 11) is 1.65. The van der Waals surface area contributed by atoms with Gasteiger partial charge < -0.3 is 14.2 Å². The average molecular weight is 439 g/mol. The highest BCUT2D eigenvalue weighted by atomic mass is 32.1. The number of amides is 1. The molecule has 0 fully saturated rings. The van der Waals surface area contributed by atoms with Crippen LogP contribution >= 0.6 is 11.3 Å². The van der Waals surface area contributed by atoms with Crippen molar-refractivity contribution in [2.45, 2.75) is 13.5 Å². The number of fused-ring (bicyclic) bond motifs is 1. The van der Waals surface area contributed by atoms with E-state index in [0.717, 1.165) is 4.88 Å². The Kier molecular flexibility index (Phi) is 5.77. The van der Waals surface area contributed by atoms with Crippen molar-refractivity contribution in [3.8, 4) is 11.3 Å². The van der Waals surface area contributed by atoms with E-state index in [0.29, 0.717) is 28.9 Å². The summed E-state index contributed by atoms with van der Waals surface area (Å²) in [4.78, 5) is 32.1. The Bertz CT molecular complexity index is 1240. The number of hydrogen-bond acceptors (Lipinski definition) is 7. The molecule has 0 spiro atoms. The number of aryl methyl sites for hydroxylation is 1. The molecular formula is C22H18FN3O4S. The number of pyridine rings is 1. The number of carbonyl (C=O) groups excluding carboxylic acids is 2. The first-order valence-electron chi connectivity index (χ1n) is 9.39. The molecule has 0 saturated heterocycles. The van der Waals surface area contributed by atoms with Crippen LogP contribution in [0.4, 0.5) is 4.39 Å². The predicted molar refractivity (Wildman–Crippen MR) is 113 cm³/mol. The molecule has 0 radical (unpaired) electrons. The van der Waals surface area contributed by atoms with Gasteiger partial charge in [-0.2, -0.15) is 0 Å². The molecule has 1 amide bonds. The van der Waals surface area contributed by atoms with E-state index in [9.17, 15) is 14.0 Å². The first kappa shape index (κ1) is 20.7. The number of thiophene rings is 1. The third-order valence-electron chi connectivity index (χ3n) is 4.70. The van der Waals surface area contributed by atoms with Gasteiger partial charge in [0.15, 0.2) is 6.61 Å². The van der Waals surface area contributed by atoms with Crippen molar-refractivity contribution in [2.75, 3.05) is 13.7 Å². The monoisotopic (exact) mass is 439 g/mol. The number of ether oxygens (including phenoxy) is 1. The number of carbonyl (C=O) groups is 2. The molecule has 0 aliphatic heterocycles. The van der Waals surface area contributed by atoms with Crippen LogP contribution in [-0.2, 0) is 16.1 Å². The van der Waals surface area contributed by atoms with Gasteiger partial charge in [0, 0.05) is 17.5 Å². The molecule has 3 heterocycles. The minimum absolute atomic E-state index is 0.160. The van der Waals surface area contributed by atoms with Gasteiger partial charge in [0.2, 0.25) is 0 Å². The second-order valence-corrected chi connectivity index (χ2v) is 7.95. The Morgan fingerprint density at radius 2 is 2.00 bits per heavy atom. The standard InChI is InChI=1S/C22H18FN3O4S/c1-13-20-17(22(28)29-12-19(27)26(2)11-16-4-3-9-31-16)10-18(24-21(20)30-25-13)14-5-7-15(23)8-6-14/h3-10H,11-12H2,1-2H3. The summed E-state index contributed by atoms with van der Waals surface area (Å²) in [5.74, 6) is -1.40. The number of rotatable bonds is 6. The van der Waals surface area contributed by atoms with Gasteiger partial charge in [-0.05, 0) is 48.7 Å². The number of benzene rings is 1. The van der Waals surface area contributed by atoms with Gasteiger partial charge in [-0.15, -0.1) is 11.3 Å². The van der Waals surface area contributed by atoms with Crippen molar-refractivity contribution in [1.82, 2.24) is 15.0 Å². The zero-order valence-electron chi connectivity index (χ0n) is 16.8. The van der Waals surface area contributed by atoms with Crippen LogP contribution in [0, 0.1) is 12.7 Å². The molecule has 0 bridgehead atoms. The lowest BCUT2D eigenvalue weighted by atomic mass is 10.1. The van der Waals surface area contributed by atoms with Gasteiger partial charge >= 0.3 is 5.97 Å². The topological polar surface area (TPSA) is 85.5 Å². The molecule has 31 heavy (non-hydrogen) atoms. The molecule has 0 saturated carbocycles. The maximum atomic E-state index is 13.3. The van der Waals surface area contributed by atoms with Crippen LogP contribution in [0.1, 0.15) is 20.9 Å². The lowest BCUT2D eigenvalue weighted by Gasteiger charge is -2.16. The van der Waals surface area contributed by atoms with Gasteiger partial charge in [-0.3, -0.25) is 4.79 Å². The van der Waals surface area contributed by atoms with E-state index in [1.165, 1.54) is 23.1 Å². The fourth-order valence-corrected chi connectivity index (χ4v) is 3.82. The molecule has 0 N–H and O–H groups in total. The molecule has 7 nitrogen and oxygen atoms in total. The van der Waals surface area contributed by atoms with Crippen molar-refractivity contribution in [3.05, 3.63) is 69.8 Å². The second kappa shape index (κ2) is 8.65. The van der Waals surface area contributed by atoms with Gasteiger partial charge in [0.25, 0.3) is 11.6 Å². The van der Waals surface area contributed by atoms with Crippen molar-refractivity contribution in [3.63, 3.8) is 0 Å². The largest absolute Gasteiger partial charge is 0.452 e. The molecule has 158 valence electrons. The maximum Gasteiger partial charge on any atom is 0.339 e. The molecule has 0 unspecified atom stereocenters. The molecule has 1 aromatic carbocycles. The fraction of sp³-hybridized carbons (Fsp3) is 0.182. The van der Waals surface area contributed by atoms with Crippen LogP contribution in [0.25, 0.3) is 22.4 Å². The van der Waals surface area contributed by atoms with Crippen LogP contribution in [0.3, 0.4) is 0 Å². The van der Waals surface area contributed by atoms with Crippen molar-refractivity contribution in [2.24, 2.45) is 0 Å². The van der Waals surface area contributed by atoms with Crippen molar-refractivity contribution >= 4 is 34.3 Å². The zero-order chi connectivity index (χ0) is 22.0. The maximum absolute atomic E-state index is 13.3. The van der Waals surface area contributed by atoms with Gasteiger partial charge in [0.1, 0.15) is 5.82 Å². The predicted octanol–water partition coefficient (Wildman–Crippen LogP) is 4.21. The highest BCUT2D eigenvalue weighted by Gasteiger charge is 2.22. The van der Waals surface area contributed by atoms with Crippen LogP contribution in [0.5, 0.6) is 0 Å². The lowest BCUT2D eigenvalue weighted by molar-refractivity contribution is -0.133. The van der Waals surface area contributed by atoms with E-state index in [2.05, 4.69) is 10.1 Å². The summed E-state index contributed by atoms with van der Waals surface area (Å²) in [6.07, 6.45) is 0. The zero-order valence-corrected chi connectivity index (χ0v) is 17.6. The number of halogens is 1. The first-order chi connectivity index (χ1) is 14.9. The van der Waals surface area contributed by atoms with E-state index >= 15 is 0 Å². The minimum Gasteiger partial charge on any atom is -0.452 e. The van der Waals surface area contributed by atoms with Gasteiger partial charge in [-0.1, -0.05) is 11.2 Å². The van der Waals surface area contributed by atoms with Crippen molar-refractivity contribution < 1.29 is 23.2 Å². The Labute approximate surface area is 181 Å². The number of hydrogen-bond donors (Lipinski definition) is 0. The van der Waals surface area contributed by atoms with E-state index in [-0.39, 0.29) is 23.0 Å². The number of nitrogens with zero attached hydrogens (tertiary/aromatic N) is 3. The second-order valence-electron chi connectivity index (χ2n) is 6.92. The van der Waals surface area contributed by atoms with Crippen LogP contribution < -0.4 is 0 Å². The molecule has 0 aliphatic carbocycles. The summed E-state index contributed by atoms with van der Waals surface area (Å²) in [5.41, 5.74) is 1.81. The molecule has 4 aromatic rings. The third-order valence-corrected chi connectivity index (χ3v) is 5.56. The molecule has 3 aromatic heterocycles. The summed E-state index contributed by atoms with van der Waals surface area (Å²) < 4.78 is 23.8. The summed E-state index contributed by atoms with van der Waals surface area (Å²) in [6, 6.07) is 11.1. The molecule has 4 rings (SSSR count). The third kappa shape index (κ3) is 4.46. The SMILES string of the molecule is Cc1noc2nc(-c3ccc(F)cc3)cc(C(=O)OCC(=O)N(C)Cc3cccs3)c12. The van der Waals surface area contributed by atoms with E-state index in [1.54, 1.807) is 37.4 Å². The minimum atomic E-state index is -0.695. The quantitative estimate of drug-likeness (QED) is 0.418. The molecular weight excluding hydrogens is 421 g/mol. The Hall–Kier alpha value is -3.59. The van der Waals surface area contributed by atoms with Crippen LogP contribution in [-0.4, -0.2) is 40.6 Å². The normalized spacial score (nSPS) is 10.9. The summed E-state index contributed by atoms with van der Waals surface area (Å²) in [5, 5.41) is 6.22. The van der Waals surface area contributed by atoms with Gasteiger partial charge in [0.05, 0.1) is 28.9 Å². The van der Waals surface area contributed by atoms with E-state index < -0.39 is 12.6 Å². The van der Waals surface area contributed by atoms with Crippen LogP contribution in [0.2, 0.25) is 0 Å². The Morgan fingerprint density at radius 1 is 1.23 bits per heavy atom. The highest BCUT2D eigenvalue weighted by molar-refractivity contribution is 7.09. The number of esters is 1. The Morgan fingerprint density at radius 3 is 2.71 bits per heavy atom. The Balaban J connectivity index is 1.56. The average Bonchev–Trinajstić information content (AvgIpc) is 3.41. The molecule has 9 heteroatoms. The summed E-state index contributed by atoms with van der Waals surface area (Å²) in [6.45, 7) is 1.72. The van der Waals surface area contributed by atoms with E-state index in [4.69, 9.17) is 9.26 Å².